The third-order valence-corrected chi connectivity index (χ3v) is 5.24. The molecule has 1 amide bonds. The summed E-state index contributed by atoms with van der Waals surface area (Å²) in [6.07, 6.45) is -2.75. The van der Waals surface area contributed by atoms with E-state index in [0.717, 1.165) is 10.0 Å². The SMILES string of the molecule is NC(=O)c1cccc(N2CSC=C2CC(F)F)c1-c1ccc(Br)cc1. The van der Waals surface area contributed by atoms with E-state index in [4.69, 9.17) is 5.73 Å². The molecule has 7 heteroatoms. The summed E-state index contributed by atoms with van der Waals surface area (Å²) in [6.45, 7) is 0. The number of allylic oxidation sites excluding steroid dienone is 1. The first kappa shape index (κ1) is 17.9. The molecule has 0 fully saturated rings. The van der Waals surface area contributed by atoms with Crippen molar-refractivity contribution in [3.63, 3.8) is 0 Å². The zero-order valence-electron chi connectivity index (χ0n) is 13.1. The summed E-state index contributed by atoms with van der Waals surface area (Å²) < 4.78 is 26.7. The highest BCUT2D eigenvalue weighted by Crippen LogP contribution is 2.40. The average molecular weight is 425 g/mol. The molecule has 1 aliphatic heterocycles. The largest absolute Gasteiger partial charge is 0.366 e. The number of nitrogens with two attached hydrogens (primary N) is 1. The highest BCUT2D eigenvalue weighted by Gasteiger charge is 2.25. The van der Waals surface area contributed by atoms with E-state index in [9.17, 15) is 13.6 Å². The Balaban J connectivity index is 2.14. The number of alkyl halides is 2. The van der Waals surface area contributed by atoms with Gasteiger partial charge in [0.05, 0.1) is 11.6 Å². The maximum absolute atomic E-state index is 12.9. The van der Waals surface area contributed by atoms with Crippen molar-refractivity contribution in [3.8, 4) is 11.1 Å². The minimum Gasteiger partial charge on any atom is -0.366 e. The molecule has 3 rings (SSSR count). The Hall–Kier alpha value is -1.86. The average Bonchev–Trinajstić information content (AvgIpc) is 3.02. The lowest BCUT2D eigenvalue weighted by Gasteiger charge is -2.26. The molecular formula is C18H15BrF2N2OS. The van der Waals surface area contributed by atoms with Crippen LogP contribution in [0.5, 0.6) is 0 Å². The van der Waals surface area contributed by atoms with E-state index >= 15 is 0 Å². The Kier molecular flexibility index (Phi) is 5.44. The van der Waals surface area contributed by atoms with E-state index in [2.05, 4.69) is 15.9 Å². The van der Waals surface area contributed by atoms with Crippen LogP contribution in [0, 0.1) is 0 Å². The van der Waals surface area contributed by atoms with E-state index in [1.807, 2.05) is 35.2 Å². The number of nitrogens with zero attached hydrogens (tertiary/aromatic N) is 1. The molecule has 1 heterocycles. The molecule has 0 atom stereocenters. The lowest BCUT2D eigenvalue weighted by Crippen LogP contribution is -2.22. The number of hydrogen-bond acceptors (Lipinski definition) is 3. The minimum absolute atomic E-state index is 0.326. The standard InChI is InChI=1S/C18H15BrF2N2OS/c19-12-6-4-11(5-7-12)17-14(18(22)24)2-1-3-15(17)23-10-25-9-13(23)8-16(20)21/h1-7,9,16H,8,10H2,(H2,22,24). The van der Waals surface area contributed by atoms with Gasteiger partial charge in [0.25, 0.3) is 0 Å². The monoisotopic (exact) mass is 424 g/mol. The molecule has 2 aromatic carbocycles. The quantitative estimate of drug-likeness (QED) is 0.715. The molecule has 3 nitrogen and oxygen atoms in total. The summed E-state index contributed by atoms with van der Waals surface area (Å²) >= 11 is 4.84. The molecule has 25 heavy (non-hydrogen) atoms. The van der Waals surface area contributed by atoms with Gasteiger partial charge in [-0.2, -0.15) is 0 Å². The van der Waals surface area contributed by atoms with Gasteiger partial charge in [-0.05, 0) is 35.2 Å². The van der Waals surface area contributed by atoms with Crippen LogP contribution in [-0.2, 0) is 0 Å². The van der Waals surface area contributed by atoms with Crippen molar-refractivity contribution in [1.82, 2.24) is 0 Å². The van der Waals surface area contributed by atoms with Gasteiger partial charge in [0.2, 0.25) is 12.3 Å². The second-order valence-electron chi connectivity index (χ2n) is 5.50. The lowest BCUT2D eigenvalue weighted by atomic mass is 9.96. The topological polar surface area (TPSA) is 46.3 Å². The summed E-state index contributed by atoms with van der Waals surface area (Å²) in [4.78, 5) is 13.8. The van der Waals surface area contributed by atoms with Crippen LogP contribution in [0.4, 0.5) is 14.5 Å². The molecule has 0 unspecified atom stereocenters. The number of hydrogen-bond donors (Lipinski definition) is 1. The van der Waals surface area contributed by atoms with Gasteiger partial charge in [-0.15, -0.1) is 11.8 Å². The molecule has 0 saturated carbocycles. The minimum atomic E-state index is -2.43. The summed E-state index contributed by atoms with van der Waals surface area (Å²) in [7, 11) is 0. The van der Waals surface area contributed by atoms with E-state index in [1.165, 1.54) is 11.8 Å². The number of halogens is 3. The van der Waals surface area contributed by atoms with E-state index < -0.39 is 12.3 Å². The maximum Gasteiger partial charge on any atom is 0.249 e. The van der Waals surface area contributed by atoms with Crippen LogP contribution in [0.3, 0.4) is 0 Å². The Morgan fingerprint density at radius 3 is 2.60 bits per heavy atom. The van der Waals surface area contributed by atoms with E-state index in [-0.39, 0.29) is 6.42 Å². The van der Waals surface area contributed by atoms with Crippen molar-refractivity contribution < 1.29 is 13.6 Å². The van der Waals surface area contributed by atoms with Crippen molar-refractivity contribution in [2.24, 2.45) is 5.73 Å². The lowest BCUT2D eigenvalue weighted by molar-refractivity contribution is 0.100. The number of rotatable bonds is 5. The van der Waals surface area contributed by atoms with Crippen LogP contribution in [0.1, 0.15) is 16.8 Å². The van der Waals surface area contributed by atoms with E-state index in [1.54, 1.807) is 17.5 Å². The number of amides is 1. The summed E-state index contributed by atoms with van der Waals surface area (Å²) in [5.41, 5.74) is 8.64. The number of carbonyl (C=O) groups is 1. The molecule has 2 aromatic rings. The molecule has 0 spiro atoms. The van der Waals surface area contributed by atoms with Crippen molar-refractivity contribution >= 4 is 39.3 Å². The Morgan fingerprint density at radius 2 is 1.96 bits per heavy atom. The predicted octanol–water partition coefficient (Wildman–Crippen LogP) is 5.22. The first-order chi connectivity index (χ1) is 12.0. The van der Waals surface area contributed by atoms with Gasteiger partial charge in [0.15, 0.2) is 0 Å². The molecule has 0 aliphatic carbocycles. The van der Waals surface area contributed by atoms with Crippen LogP contribution in [0.2, 0.25) is 0 Å². The molecule has 0 radical (unpaired) electrons. The fourth-order valence-electron chi connectivity index (χ4n) is 2.79. The summed E-state index contributed by atoms with van der Waals surface area (Å²) in [5, 5.41) is 1.74. The first-order valence-corrected chi connectivity index (χ1v) is 9.36. The van der Waals surface area contributed by atoms with Crippen molar-refractivity contribution in [1.29, 1.82) is 0 Å². The molecule has 0 aromatic heterocycles. The van der Waals surface area contributed by atoms with Crippen molar-refractivity contribution in [2.45, 2.75) is 12.8 Å². The number of carbonyl (C=O) groups excluding carboxylic acids is 1. The molecule has 130 valence electrons. The van der Waals surface area contributed by atoms with Gasteiger partial charge < -0.3 is 10.6 Å². The second kappa shape index (κ2) is 7.58. The first-order valence-electron chi connectivity index (χ1n) is 7.52. The fourth-order valence-corrected chi connectivity index (χ4v) is 3.99. The Labute approximate surface area is 157 Å². The number of anilines is 1. The van der Waals surface area contributed by atoms with Gasteiger partial charge in [0.1, 0.15) is 0 Å². The third-order valence-electron chi connectivity index (χ3n) is 3.86. The van der Waals surface area contributed by atoms with Gasteiger partial charge in [-0.25, -0.2) is 8.78 Å². The number of thioether (sulfide) groups is 1. The number of primary amides is 1. The van der Waals surface area contributed by atoms with Crippen LogP contribution >= 0.6 is 27.7 Å². The molecule has 0 saturated heterocycles. The van der Waals surface area contributed by atoms with Crippen molar-refractivity contribution in [3.05, 3.63) is 63.6 Å². The summed E-state index contributed by atoms with van der Waals surface area (Å²) in [6, 6.07) is 12.7. The van der Waals surface area contributed by atoms with Crippen LogP contribution in [-0.4, -0.2) is 18.2 Å². The maximum atomic E-state index is 12.9. The van der Waals surface area contributed by atoms with Crippen LogP contribution in [0.25, 0.3) is 11.1 Å². The molecule has 0 bridgehead atoms. The fraction of sp³-hybridized carbons (Fsp3) is 0.167. The predicted molar refractivity (Wildman–Crippen MR) is 102 cm³/mol. The van der Waals surface area contributed by atoms with Gasteiger partial charge >= 0.3 is 0 Å². The number of benzene rings is 2. The zero-order chi connectivity index (χ0) is 18.0. The Bertz CT molecular complexity index is 824. The van der Waals surface area contributed by atoms with Gasteiger partial charge in [0, 0.05) is 27.7 Å². The highest BCUT2D eigenvalue weighted by molar-refractivity contribution is 9.10. The van der Waals surface area contributed by atoms with E-state index in [0.29, 0.717) is 28.4 Å². The highest BCUT2D eigenvalue weighted by atomic mass is 79.9. The van der Waals surface area contributed by atoms with Gasteiger partial charge in [-0.1, -0.05) is 34.1 Å². The zero-order valence-corrected chi connectivity index (χ0v) is 15.5. The van der Waals surface area contributed by atoms with Crippen LogP contribution < -0.4 is 10.6 Å². The third kappa shape index (κ3) is 3.88. The normalized spacial score (nSPS) is 14.1. The Morgan fingerprint density at radius 1 is 1.24 bits per heavy atom. The van der Waals surface area contributed by atoms with Crippen LogP contribution in [0.15, 0.2) is 58.0 Å². The smallest absolute Gasteiger partial charge is 0.249 e. The molecule has 2 N–H and O–H groups in total. The molecule has 1 aliphatic rings. The van der Waals surface area contributed by atoms with Crippen molar-refractivity contribution in [2.75, 3.05) is 10.8 Å². The second-order valence-corrected chi connectivity index (χ2v) is 7.24. The molecular weight excluding hydrogens is 410 g/mol. The van der Waals surface area contributed by atoms with Gasteiger partial charge in [-0.3, -0.25) is 4.79 Å². The summed E-state index contributed by atoms with van der Waals surface area (Å²) in [5.74, 6) is -0.0284.